The summed E-state index contributed by atoms with van der Waals surface area (Å²) in [6, 6.07) is 6.53. The van der Waals surface area contributed by atoms with Gasteiger partial charge in [0.1, 0.15) is 0 Å². The first-order valence-electron chi connectivity index (χ1n) is 7.48. The largest absolute Gasteiger partial charge is 0.480 e. The SMILES string of the molecule is Cc1cn2cccc(OCC(=O)Nc3ccc(Cl)c(C(F)(F)F)c3)c2n1. The number of hydrogen-bond acceptors (Lipinski definition) is 3. The lowest BCUT2D eigenvalue weighted by Crippen LogP contribution is -2.20. The van der Waals surface area contributed by atoms with Crippen LogP contribution in [0.15, 0.2) is 42.7 Å². The molecule has 0 fully saturated rings. The smallest absolute Gasteiger partial charge is 0.417 e. The maximum absolute atomic E-state index is 12.9. The van der Waals surface area contributed by atoms with Crippen LogP contribution in [0.2, 0.25) is 5.02 Å². The summed E-state index contributed by atoms with van der Waals surface area (Å²) >= 11 is 5.55. The van der Waals surface area contributed by atoms with E-state index in [9.17, 15) is 18.0 Å². The Morgan fingerprint density at radius 1 is 1.35 bits per heavy atom. The van der Waals surface area contributed by atoms with E-state index in [-0.39, 0.29) is 12.3 Å². The Morgan fingerprint density at radius 3 is 2.85 bits per heavy atom. The highest BCUT2D eigenvalue weighted by Crippen LogP contribution is 2.36. The van der Waals surface area contributed by atoms with Gasteiger partial charge in [-0.25, -0.2) is 4.98 Å². The molecule has 0 aliphatic heterocycles. The number of ether oxygens (including phenoxy) is 1. The summed E-state index contributed by atoms with van der Waals surface area (Å²) in [5.74, 6) is -0.214. The highest BCUT2D eigenvalue weighted by atomic mass is 35.5. The molecule has 0 saturated carbocycles. The number of nitrogens with zero attached hydrogens (tertiary/aromatic N) is 2. The van der Waals surface area contributed by atoms with Gasteiger partial charge in [-0.2, -0.15) is 13.2 Å². The number of imidazole rings is 1. The molecule has 1 N–H and O–H groups in total. The standard InChI is InChI=1S/C17H13ClF3N3O2/c1-10-8-24-6-2-3-14(16(24)22-10)26-9-15(25)23-11-4-5-13(18)12(7-11)17(19,20)21/h2-8H,9H2,1H3,(H,23,25). The van der Waals surface area contributed by atoms with E-state index < -0.39 is 22.7 Å². The molecule has 0 radical (unpaired) electrons. The van der Waals surface area contributed by atoms with E-state index in [1.54, 1.807) is 28.9 Å². The summed E-state index contributed by atoms with van der Waals surface area (Å²) in [5, 5.41) is 1.92. The van der Waals surface area contributed by atoms with E-state index in [1.807, 2.05) is 6.92 Å². The number of aryl methyl sites for hydroxylation is 1. The predicted molar refractivity (Wildman–Crippen MR) is 90.5 cm³/mol. The van der Waals surface area contributed by atoms with Gasteiger partial charge in [-0.3, -0.25) is 4.79 Å². The predicted octanol–water partition coefficient (Wildman–Crippen LogP) is 4.33. The maximum Gasteiger partial charge on any atom is 0.417 e. The van der Waals surface area contributed by atoms with Crippen molar-refractivity contribution in [2.45, 2.75) is 13.1 Å². The maximum atomic E-state index is 12.9. The molecule has 3 aromatic rings. The summed E-state index contributed by atoms with van der Waals surface area (Å²) in [5.41, 5.74) is 0.288. The van der Waals surface area contributed by atoms with Gasteiger partial charge in [0.15, 0.2) is 18.0 Å². The molecule has 2 aromatic heterocycles. The number of pyridine rings is 1. The number of hydrogen-bond donors (Lipinski definition) is 1. The number of fused-ring (bicyclic) bond motifs is 1. The number of amides is 1. The topological polar surface area (TPSA) is 55.6 Å². The molecule has 0 saturated heterocycles. The zero-order valence-electron chi connectivity index (χ0n) is 13.5. The van der Waals surface area contributed by atoms with Gasteiger partial charge in [0.05, 0.1) is 16.3 Å². The normalized spacial score (nSPS) is 11.6. The first-order valence-corrected chi connectivity index (χ1v) is 7.85. The minimum absolute atomic E-state index is 0.0230. The van der Waals surface area contributed by atoms with Crippen LogP contribution >= 0.6 is 11.6 Å². The second-order valence-corrected chi connectivity index (χ2v) is 5.92. The van der Waals surface area contributed by atoms with Crippen molar-refractivity contribution < 1.29 is 22.7 Å². The fourth-order valence-corrected chi connectivity index (χ4v) is 2.61. The van der Waals surface area contributed by atoms with Crippen molar-refractivity contribution in [1.82, 2.24) is 9.38 Å². The fourth-order valence-electron chi connectivity index (χ4n) is 2.38. The van der Waals surface area contributed by atoms with Crippen molar-refractivity contribution in [2.75, 3.05) is 11.9 Å². The number of aromatic nitrogens is 2. The average molecular weight is 384 g/mol. The van der Waals surface area contributed by atoms with E-state index in [0.29, 0.717) is 11.4 Å². The van der Waals surface area contributed by atoms with E-state index in [2.05, 4.69) is 10.3 Å². The van der Waals surface area contributed by atoms with E-state index >= 15 is 0 Å². The zero-order valence-corrected chi connectivity index (χ0v) is 14.2. The molecule has 9 heteroatoms. The van der Waals surface area contributed by atoms with Crippen molar-refractivity contribution in [2.24, 2.45) is 0 Å². The van der Waals surface area contributed by atoms with Crippen molar-refractivity contribution in [3.63, 3.8) is 0 Å². The molecule has 5 nitrogen and oxygen atoms in total. The molecular weight excluding hydrogens is 371 g/mol. The van der Waals surface area contributed by atoms with Crippen molar-refractivity contribution >= 4 is 28.8 Å². The molecule has 0 aliphatic carbocycles. The molecule has 1 amide bonds. The fraction of sp³-hybridized carbons (Fsp3) is 0.176. The van der Waals surface area contributed by atoms with Crippen LogP contribution in [-0.4, -0.2) is 21.9 Å². The molecule has 0 aliphatic rings. The van der Waals surface area contributed by atoms with E-state index in [0.717, 1.165) is 17.8 Å². The minimum Gasteiger partial charge on any atom is -0.480 e. The van der Waals surface area contributed by atoms with Crippen molar-refractivity contribution in [3.05, 3.63) is 59.0 Å². The van der Waals surface area contributed by atoms with Crippen LogP contribution in [0.4, 0.5) is 18.9 Å². The Morgan fingerprint density at radius 2 is 2.12 bits per heavy atom. The molecule has 3 rings (SSSR count). The molecule has 1 aromatic carbocycles. The first kappa shape index (κ1) is 18.1. The summed E-state index contributed by atoms with van der Waals surface area (Å²) < 4.78 is 45.8. The monoisotopic (exact) mass is 383 g/mol. The van der Waals surface area contributed by atoms with Crippen LogP contribution in [0, 0.1) is 6.92 Å². The summed E-state index contributed by atoms with van der Waals surface area (Å²) in [7, 11) is 0. The number of carbonyl (C=O) groups is 1. The number of alkyl halides is 3. The van der Waals surface area contributed by atoms with Crippen LogP contribution in [0.25, 0.3) is 5.65 Å². The second kappa shape index (κ2) is 6.87. The van der Waals surface area contributed by atoms with Gasteiger partial charge in [0.25, 0.3) is 5.91 Å². The number of anilines is 1. The second-order valence-electron chi connectivity index (χ2n) is 5.51. The van der Waals surface area contributed by atoms with Crippen molar-refractivity contribution in [1.29, 1.82) is 0 Å². The number of nitrogens with one attached hydrogen (secondary N) is 1. The number of carbonyl (C=O) groups excluding carboxylic acids is 1. The van der Waals surface area contributed by atoms with Crippen LogP contribution in [-0.2, 0) is 11.0 Å². The van der Waals surface area contributed by atoms with Gasteiger partial charge in [0, 0.05) is 18.1 Å². The molecule has 0 atom stereocenters. The minimum atomic E-state index is -4.61. The zero-order chi connectivity index (χ0) is 18.9. The highest BCUT2D eigenvalue weighted by Gasteiger charge is 2.33. The Hall–Kier alpha value is -2.74. The molecular formula is C17H13ClF3N3O2. The number of benzene rings is 1. The summed E-state index contributed by atoms with van der Waals surface area (Å²) in [4.78, 5) is 16.3. The molecule has 26 heavy (non-hydrogen) atoms. The average Bonchev–Trinajstić information content (AvgIpc) is 2.94. The van der Waals surface area contributed by atoms with Gasteiger partial charge in [-0.15, -0.1) is 0 Å². The third-order valence-electron chi connectivity index (χ3n) is 3.48. The van der Waals surface area contributed by atoms with Crippen LogP contribution in [0.3, 0.4) is 0 Å². The third kappa shape index (κ3) is 3.91. The first-order chi connectivity index (χ1) is 12.2. The Kier molecular flexibility index (Phi) is 4.78. The third-order valence-corrected chi connectivity index (χ3v) is 3.81. The van der Waals surface area contributed by atoms with E-state index in [4.69, 9.17) is 16.3 Å². The van der Waals surface area contributed by atoms with Crippen LogP contribution < -0.4 is 10.1 Å². The molecule has 2 heterocycles. The number of rotatable bonds is 4. The summed E-state index contributed by atoms with van der Waals surface area (Å²) in [6.07, 6.45) is -1.02. The van der Waals surface area contributed by atoms with Gasteiger partial charge >= 0.3 is 6.18 Å². The molecule has 0 bridgehead atoms. The lowest BCUT2D eigenvalue weighted by atomic mass is 10.2. The summed E-state index contributed by atoms with van der Waals surface area (Å²) in [6.45, 7) is 1.44. The molecule has 0 spiro atoms. The quantitative estimate of drug-likeness (QED) is 0.729. The lowest BCUT2D eigenvalue weighted by Gasteiger charge is -2.12. The van der Waals surface area contributed by atoms with Crippen LogP contribution in [0.5, 0.6) is 5.75 Å². The Bertz CT molecular complexity index is 970. The highest BCUT2D eigenvalue weighted by molar-refractivity contribution is 6.31. The Labute approximate surface area is 151 Å². The van der Waals surface area contributed by atoms with Gasteiger partial charge in [-0.1, -0.05) is 11.6 Å². The molecule has 136 valence electrons. The van der Waals surface area contributed by atoms with E-state index in [1.165, 1.54) is 6.07 Å². The van der Waals surface area contributed by atoms with Gasteiger partial charge in [0.2, 0.25) is 0 Å². The molecule has 0 unspecified atom stereocenters. The lowest BCUT2D eigenvalue weighted by molar-refractivity contribution is -0.137. The van der Waals surface area contributed by atoms with Gasteiger partial charge < -0.3 is 14.5 Å². The Balaban J connectivity index is 1.69. The van der Waals surface area contributed by atoms with Crippen molar-refractivity contribution in [3.8, 4) is 5.75 Å². The van der Waals surface area contributed by atoms with Crippen LogP contribution in [0.1, 0.15) is 11.3 Å². The number of halogens is 4. The van der Waals surface area contributed by atoms with Gasteiger partial charge in [-0.05, 0) is 37.3 Å².